The van der Waals surface area contributed by atoms with Crippen LogP contribution in [0.5, 0.6) is 11.5 Å². The molecule has 0 spiro atoms. The van der Waals surface area contributed by atoms with Crippen LogP contribution in [0.3, 0.4) is 0 Å². The third-order valence-electron chi connectivity index (χ3n) is 3.48. The monoisotopic (exact) mass is 438 g/mol. The summed E-state index contributed by atoms with van der Waals surface area (Å²) in [4.78, 5) is 11.4. The van der Waals surface area contributed by atoms with Gasteiger partial charge < -0.3 is 19.4 Å². The number of carbonyl (C=O) groups is 1. The molecule has 0 fully saturated rings. The Labute approximate surface area is 173 Å². The van der Waals surface area contributed by atoms with Crippen molar-refractivity contribution in [3.05, 3.63) is 56.9 Å². The minimum atomic E-state index is -1.23. The summed E-state index contributed by atoms with van der Waals surface area (Å²) in [5.41, 5.74) is 0.719. The number of halogens is 2. The van der Waals surface area contributed by atoms with E-state index in [2.05, 4.69) is 10.2 Å². The summed E-state index contributed by atoms with van der Waals surface area (Å²) in [5.74, 6) is -0.747. The minimum Gasteiger partial charge on any atom is -0.507 e. The van der Waals surface area contributed by atoms with Crippen LogP contribution < -0.4 is 4.74 Å². The van der Waals surface area contributed by atoms with E-state index >= 15 is 0 Å². The zero-order chi connectivity index (χ0) is 20.3. The molecule has 0 atom stereocenters. The van der Waals surface area contributed by atoms with Crippen molar-refractivity contribution in [1.82, 2.24) is 10.2 Å². The molecule has 0 radical (unpaired) electrons. The Bertz CT molecular complexity index is 1070. The van der Waals surface area contributed by atoms with Crippen molar-refractivity contribution in [3.8, 4) is 23.0 Å². The average molecular weight is 439 g/mol. The lowest BCUT2D eigenvalue weighted by Gasteiger charge is -2.05. The molecular weight excluding hydrogens is 427 g/mol. The van der Waals surface area contributed by atoms with E-state index in [0.717, 1.165) is 11.8 Å². The molecule has 1 aromatic heterocycles. The van der Waals surface area contributed by atoms with Gasteiger partial charge in [-0.25, -0.2) is 4.79 Å². The fourth-order valence-electron chi connectivity index (χ4n) is 2.22. The normalized spacial score (nSPS) is 11.5. The number of nitrogens with zero attached hydrogens (tertiary/aromatic N) is 2. The molecule has 144 valence electrons. The Morgan fingerprint density at radius 1 is 1.18 bits per heavy atom. The number of hydrogen-bond donors (Lipinski definition) is 2. The van der Waals surface area contributed by atoms with Crippen LogP contribution in [-0.4, -0.2) is 33.5 Å². The van der Waals surface area contributed by atoms with E-state index < -0.39 is 5.97 Å². The molecule has 3 aromatic rings. The molecule has 0 saturated carbocycles. The lowest BCUT2D eigenvalue weighted by atomic mass is 10.2. The second-order valence-electron chi connectivity index (χ2n) is 5.34. The van der Waals surface area contributed by atoms with E-state index in [0.29, 0.717) is 21.4 Å². The van der Waals surface area contributed by atoms with Gasteiger partial charge in [0.2, 0.25) is 0 Å². The fourth-order valence-corrected chi connectivity index (χ4v) is 3.23. The third-order valence-corrected chi connectivity index (χ3v) is 4.80. The number of benzene rings is 2. The molecule has 0 aliphatic rings. The summed E-state index contributed by atoms with van der Waals surface area (Å²) >= 11 is 12.6. The number of aromatic hydroxyl groups is 1. The van der Waals surface area contributed by atoms with Gasteiger partial charge in [-0.15, -0.1) is 10.2 Å². The summed E-state index contributed by atoms with van der Waals surface area (Å²) in [6.45, 7) is 0. The Balaban J connectivity index is 1.92. The number of aliphatic carboxylic acids is 1. The summed E-state index contributed by atoms with van der Waals surface area (Å²) in [7, 11) is 1.49. The smallest absolute Gasteiger partial charge is 0.342 e. The van der Waals surface area contributed by atoms with Gasteiger partial charge in [-0.05, 0) is 54.2 Å². The van der Waals surface area contributed by atoms with Gasteiger partial charge in [-0.3, -0.25) is 0 Å². The van der Waals surface area contributed by atoms with Crippen LogP contribution in [0.25, 0.3) is 17.5 Å². The van der Waals surface area contributed by atoms with Crippen molar-refractivity contribution in [3.63, 3.8) is 0 Å². The van der Waals surface area contributed by atoms with Gasteiger partial charge in [0.1, 0.15) is 16.4 Å². The van der Waals surface area contributed by atoms with Crippen LogP contribution in [0.1, 0.15) is 5.56 Å². The van der Waals surface area contributed by atoms with Gasteiger partial charge in [-0.1, -0.05) is 23.2 Å². The highest BCUT2D eigenvalue weighted by molar-refractivity contribution is 8.03. The number of carboxylic acid groups (broad SMARTS) is 1. The number of thioether (sulfide) groups is 1. The first kappa shape index (κ1) is 20.1. The van der Waals surface area contributed by atoms with E-state index in [4.69, 9.17) is 32.4 Å². The highest BCUT2D eigenvalue weighted by atomic mass is 35.5. The molecule has 10 heteroatoms. The number of rotatable bonds is 6. The summed E-state index contributed by atoms with van der Waals surface area (Å²) in [6.07, 6.45) is 1.26. The molecule has 2 aromatic carbocycles. The number of ether oxygens (including phenoxy) is 1. The minimum absolute atomic E-state index is 0.00723. The lowest BCUT2D eigenvalue weighted by Crippen LogP contribution is -1.97. The van der Waals surface area contributed by atoms with Crippen LogP contribution in [0.15, 0.2) is 50.9 Å². The topological polar surface area (TPSA) is 106 Å². The van der Waals surface area contributed by atoms with Crippen molar-refractivity contribution in [1.29, 1.82) is 0 Å². The van der Waals surface area contributed by atoms with Gasteiger partial charge in [0, 0.05) is 15.6 Å². The average Bonchev–Trinajstić information content (AvgIpc) is 3.12. The number of hydrogen-bond acceptors (Lipinski definition) is 7. The van der Waals surface area contributed by atoms with Gasteiger partial charge in [0.25, 0.3) is 11.1 Å². The van der Waals surface area contributed by atoms with Crippen LogP contribution in [0, 0.1) is 0 Å². The van der Waals surface area contributed by atoms with E-state index in [1.54, 1.807) is 18.2 Å². The van der Waals surface area contributed by atoms with Crippen molar-refractivity contribution >= 4 is 47.0 Å². The van der Waals surface area contributed by atoms with Gasteiger partial charge in [0.15, 0.2) is 0 Å². The molecule has 2 N–H and O–H groups in total. The molecule has 0 saturated heterocycles. The Morgan fingerprint density at radius 2 is 1.89 bits per heavy atom. The number of carboxylic acids is 1. The van der Waals surface area contributed by atoms with Crippen LogP contribution in [-0.2, 0) is 4.79 Å². The van der Waals surface area contributed by atoms with Crippen LogP contribution >= 0.6 is 35.0 Å². The molecule has 28 heavy (non-hydrogen) atoms. The number of phenolic OH excluding ortho intramolecular Hbond substituents is 1. The number of methoxy groups -OCH3 is 1. The maximum absolute atomic E-state index is 11.6. The number of phenols is 1. The van der Waals surface area contributed by atoms with Crippen LogP contribution in [0.2, 0.25) is 10.0 Å². The molecule has 7 nitrogen and oxygen atoms in total. The SMILES string of the molecule is COc1ccc(Cl)cc1-c1nnc(S/C(=C\c2cc(Cl)ccc2O)C(=O)O)o1. The first-order valence-corrected chi connectivity index (χ1v) is 9.23. The zero-order valence-corrected chi connectivity index (χ0v) is 16.5. The van der Waals surface area contributed by atoms with Crippen LogP contribution in [0.4, 0.5) is 0 Å². The maximum atomic E-state index is 11.6. The van der Waals surface area contributed by atoms with Gasteiger partial charge >= 0.3 is 5.97 Å². The van der Waals surface area contributed by atoms with E-state index in [1.165, 1.54) is 31.4 Å². The molecular formula is C18H12Cl2N2O5S. The predicted octanol–water partition coefficient (Wildman–Crippen LogP) is 4.98. The Kier molecular flexibility index (Phi) is 6.13. The molecule has 3 rings (SSSR count). The zero-order valence-electron chi connectivity index (χ0n) is 14.2. The molecule has 0 amide bonds. The highest BCUT2D eigenvalue weighted by Crippen LogP contribution is 2.35. The van der Waals surface area contributed by atoms with Crippen molar-refractivity contribution in [2.24, 2.45) is 0 Å². The quantitative estimate of drug-likeness (QED) is 0.410. The van der Waals surface area contributed by atoms with E-state index in [-0.39, 0.29) is 27.3 Å². The van der Waals surface area contributed by atoms with Crippen molar-refractivity contribution in [2.45, 2.75) is 5.22 Å². The maximum Gasteiger partial charge on any atom is 0.342 e. The van der Waals surface area contributed by atoms with Gasteiger partial charge in [0.05, 0.1) is 12.7 Å². The van der Waals surface area contributed by atoms with E-state index in [1.807, 2.05) is 0 Å². The molecule has 0 bridgehead atoms. The standard InChI is InChI=1S/C18H12Cl2N2O5S/c1-26-14-5-3-11(20)8-12(14)16-21-22-18(27-16)28-15(17(24)25)7-9-6-10(19)2-4-13(9)23/h2-8,23H,1H3,(H,24,25)/b15-7-. The van der Waals surface area contributed by atoms with Gasteiger partial charge in [-0.2, -0.15) is 0 Å². The fraction of sp³-hybridized carbons (Fsp3) is 0.0556. The lowest BCUT2D eigenvalue weighted by molar-refractivity contribution is -0.131. The molecule has 0 aliphatic heterocycles. The number of aromatic nitrogens is 2. The highest BCUT2D eigenvalue weighted by Gasteiger charge is 2.19. The molecule has 0 unspecified atom stereocenters. The Hall–Kier alpha value is -2.68. The Morgan fingerprint density at radius 3 is 2.61 bits per heavy atom. The molecule has 0 aliphatic carbocycles. The summed E-state index contributed by atoms with van der Waals surface area (Å²) in [5, 5.41) is 27.9. The third kappa shape index (κ3) is 4.59. The van der Waals surface area contributed by atoms with E-state index in [9.17, 15) is 15.0 Å². The summed E-state index contributed by atoms with van der Waals surface area (Å²) < 4.78 is 10.8. The predicted molar refractivity (Wildman–Crippen MR) is 106 cm³/mol. The van der Waals surface area contributed by atoms with Crippen molar-refractivity contribution in [2.75, 3.05) is 7.11 Å². The first-order chi connectivity index (χ1) is 13.4. The largest absolute Gasteiger partial charge is 0.507 e. The second-order valence-corrected chi connectivity index (χ2v) is 7.20. The molecule has 1 heterocycles. The second kappa shape index (κ2) is 8.55. The van der Waals surface area contributed by atoms with Crippen molar-refractivity contribution < 1.29 is 24.2 Å². The summed E-state index contributed by atoms with van der Waals surface area (Å²) in [6, 6.07) is 9.20. The first-order valence-electron chi connectivity index (χ1n) is 7.66.